The van der Waals surface area contributed by atoms with Crippen LogP contribution in [0.15, 0.2) is 23.1 Å². The number of nitrogens with zero attached hydrogens (tertiary/aromatic N) is 1. The molecule has 5 nitrogen and oxygen atoms in total. The number of sulfonamides is 1. The van der Waals surface area contributed by atoms with Gasteiger partial charge < -0.3 is 5.32 Å². The fraction of sp³-hybridized carbons (Fsp3) is 0.682. The fourth-order valence-electron chi connectivity index (χ4n) is 6.79. The van der Waals surface area contributed by atoms with Gasteiger partial charge in [0.25, 0.3) is 5.91 Å². The molecule has 1 amide bonds. The monoisotopic (exact) mass is 420 g/mol. The molecular weight excluding hydrogens is 391 g/mol. The minimum Gasteiger partial charge on any atom is -0.351 e. The molecule has 7 heteroatoms. The maximum atomic E-state index is 14.3. The summed E-state index contributed by atoms with van der Waals surface area (Å²) >= 11 is 0. The van der Waals surface area contributed by atoms with Gasteiger partial charge in [0.2, 0.25) is 10.0 Å². The minimum absolute atomic E-state index is 0.203. The average molecular weight is 421 g/mol. The molecule has 4 bridgehead atoms. The zero-order chi connectivity index (χ0) is 20.2. The van der Waals surface area contributed by atoms with Gasteiger partial charge in [-0.3, -0.25) is 4.79 Å². The number of hydrogen-bond acceptors (Lipinski definition) is 3. The number of amides is 1. The van der Waals surface area contributed by atoms with E-state index in [4.69, 9.17) is 0 Å². The van der Waals surface area contributed by atoms with Crippen LogP contribution in [-0.4, -0.2) is 38.3 Å². The predicted molar refractivity (Wildman–Crippen MR) is 107 cm³/mol. The van der Waals surface area contributed by atoms with Gasteiger partial charge in [-0.1, -0.05) is 0 Å². The third-order valence-electron chi connectivity index (χ3n) is 7.67. The first-order valence-electron chi connectivity index (χ1n) is 10.9. The number of rotatable bonds is 5. The molecule has 0 spiro atoms. The largest absolute Gasteiger partial charge is 0.351 e. The van der Waals surface area contributed by atoms with Crippen LogP contribution in [0.1, 0.15) is 61.7 Å². The summed E-state index contributed by atoms with van der Waals surface area (Å²) in [4.78, 5) is 12.4. The first kappa shape index (κ1) is 19.5. The van der Waals surface area contributed by atoms with E-state index in [-0.39, 0.29) is 21.8 Å². The quantitative estimate of drug-likeness (QED) is 0.792. The third-order valence-corrected chi connectivity index (χ3v) is 9.58. The Morgan fingerprint density at radius 3 is 2.24 bits per heavy atom. The van der Waals surface area contributed by atoms with E-state index in [1.807, 2.05) is 0 Å². The summed E-state index contributed by atoms with van der Waals surface area (Å²) < 4.78 is 41.2. The van der Waals surface area contributed by atoms with Crippen molar-refractivity contribution >= 4 is 15.9 Å². The van der Waals surface area contributed by atoms with Crippen molar-refractivity contribution in [1.29, 1.82) is 0 Å². The van der Waals surface area contributed by atoms with Crippen LogP contribution in [0.25, 0.3) is 0 Å². The zero-order valence-electron chi connectivity index (χ0n) is 16.7. The Morgan fingerprint density at radius 1 is 1.07 bits per heavy atom. The van der Waals surface area contributed by atoms with Crippen molar-refractivity contribution in [2.45, 2.75) is 56.3 Å². The van der Waals surface area contributed by atoms with Gasteiger partial charge in [-0.2, -0.15) is 4.31 Å². The summed E-state index contributed by atoms with van der Waals surface area (Å²) in [5.41, 5.74) is 0.420. The smallest absolute Gasteiger partial charge is 0.251 e. The lowest BCUT2D eigenvalue weighted by atomic mass is 9.49. The molecule has 158 valence electrons. The van der Waals surface area contributed by atoms with Gasteiger partial charge >= 0.3 is 0 Å². The van der Waals surface area contributed by atoms with Crippen LogP contribution in [0.5, 0.6) is 0 Å². The van der Waals surface area contributed by atoms with E-state index in [1.54, 1.807) is 0 Å². The Bertz CT molecular complexity index is 889. The predicted octanol–water partition coefficient (Wildman–Crippen LogP) is 3.56. The average Bonchev–Trinajstić information content (AvgIpc) is 3.21. The highest BCUT2D eigenvalue weighted by Gasteiger charge is 2.50. The fourth-order valence-corrected chi connectivity index (χ4v) is 8.39. The lowest BCUT2D eigenvalue weighted by Gasteiger charge is -2.56. The van der Waals surface area contributed by atoms with E-state index in [9.17, 15) is 17.6 Å². The van der Waals surface area contributed by atoms with Gasteiger partial charge in [-0.15, -0.1) is 0 Å². The van der Waals surface area contributed by atoms with E-state index in [2.05, 4.69) is 5.32 Å². The van der Waals surface area contributed by atoms with Crippen LogP contribution in [-0.2, 0) is 10.0 Å². The van der Waals surface area contributed by atoms with Crippen molar-refractivity contribution in [3.8, 4) is 0 Å². The van der Waals surface area contributed by atoms with E-state index in [0.29, 0.717) is 19.6 Å². The maximum absolute atomic E-state index is 14.3. The molecule has 1 heterocycles. The molecule has 4 saturated carbocycles. The number of nitrogens with one attached hydrogen (secondary N) is 1. The molecule has 1 aromatic rings. The number of benzene rings is 1. The third kappa shape index (κ3) is 3.50. The van der Waals surface area contributed by atoms with E-state index >= 15 is 0 Å². The first-order chi connectivity index (χ1) is 13.8. The van der Waals surface area contributed by atoms with Gasteiger partial charge in [-0.05, 0) is 92.7 Å². The molecule has 6 rings (SSSR count). The standard InChI is InChI=1S/C22H29FN2O3S/c23-19-4-3-18(10-20(19)29(27,28)25-5-1-2-6-25)21(26)24-14-22-11-15-7-16(12-22)9-17(8-15)13-22/h3-4,10,15-17H,1-2,5-9,11-14H2,(H,24,26). The Balaban J connectivity index is 1.32. The molecule has 4 aliphatic carbocycles. The van der Waals surface area contributed by atoms with Crippen molar-refractivity contribution in [3.63, 3.8) is 0 Å². The SMILES string of the molecule is O=C(NCC12CC3CC(CC(C3)C1)C2)c1ccc(F)c(S(=O)(=O)N2CCCC2)c1. The Labute approximate surface area is 172 Å². The van der Waals surface area contributed by atoms with Crippen molar-refractivity contribution in [1.82, 2.24) is 9.62 Å². The molecule has 1 aromatic carbocycles. The van der Waals surface area contributed by atoms with E-state index in [0.717, 1.165) is 36.7 Å². The van der Waals surface area contributed by atoms with Crippen molar-refractivity contribution < 1.29 is 17.6 Å². The number of carbonyl (C=O) groups excluding carboxylic acids is 1. The molecule has 1 saturated heterocycles. The molecule has 0 aromatic heterocycles. The van der Waals surface area contributed by atoms with Crippen LogP contribution in [0, 0.1) is 29.0 Å². The van der Waals surface area contributed by atoms with Crippen LogP contribution >= 0.6 is 0 Å². The Kier molecular flexibility index (Phi) is 4.74. The second-order valence-electron chi connectivity index (χ2n) is 9.86. The highest BCUT2D eigenvalue weighted by molar-refractivity contribution is 7.89. The topological polar surface area (TPSA) is 66.5 Å². The normalized spacial score (nSPS) is 33.9. The van der Waals surface area contributed by atoms with Crippen LogP contribution in [0.2, 0.25) is 0 Å². The van der Waals surface area contributed by atoms with Gasteiger partial charge in [0, 0.05) is 25.2 Å². The first-order valence-corrected chi connectivity index (χ1v) is 12.4. The maximum Gasteiger partial charge on any atom is 0.251 e. The Morgan fingerprint density at radius 2 is 1.66 bits per heavy atom. The molecule has 1 aliphatic heterocycles. The molecule has 5 aliphatic rings. The van der Waals surface area contributed by atoms with Gasteiger partial charge in [0.05, 0.1) is 0 Å². The van der Waals surface area contributed by atoms with Gasteiger partial charge in [-0.25, -0.2) is 12.8 Å². The summed E-state index contributed by atoms with van der Waals surface area (Å²) in [5, 5.41) is 3.05. The summed E-state index contributed by atoms with van der Waals surface area (Å²) in [7, 11) is -3.90. The van der Waals surface area contributed by atoms with Gasteiger partial charge in [0.15, 0.2) is 0 Å². The van der Waals surface area contributed by atoms with Gasteiger partial charge in [0.1, 0.15) is 10.7 Å². The molecule has 0 atom stereocenters. The van der Waals surface area contributed by atoms with Crippen LogP contribution in [0.3, 0.4) is 0 Å². The molecule has 1 N–H and O–H groups in total. The molecule has 0 unspecified atom stereocenters. The number of hydrogen-bond donors (Lipinski definition) is 1. The van der Waals surface area contributed by atoms with Crippen molar-refractivity contribution in [3.05, 3.63) is 29.6 Å². The molecular formula is C22H29FN2O3S. The molecule has 0 radical (unpaired) electrons. The second-order valence-corrected chi connectivity index (χ2v) is 11.8. The minimum atomic E-state index is -3.90. The van der Waals surface area contributed by atoms with Crippen molar-refractivity contribution in [2.24, 2.45) is 23.2 Å². The second kappa shape index (κ2) is 7.05. The number of carbonyl (C=O) groups is 1. The van der Waals surface area contributed by atoms with Crippen LogP contribution < -0.4 is 5.32 Å². The molecule has 29 heavy (non-hydrogen) atoms. The lowest BCUT2D eigenvalue weighted by molar-refractivity contribution is -0.0503. The highest BCUT2D eigenvalue weighted by Crippen LogP contribution is 2.59. The highest BCUT2D eigenvalue weighted by atomic mass is 32.2. The summed E-state index contributed by atoms with van der Waals surface area (Å²) in [6.07, 6.45) is 9.19. The summed E-state index contributed by atoms with van der Waals surface area (Å²) in [6, 6.07) is 3.69. The van der Waals surface area contributed by atoms with Crippen LogP contribution in [0.4, 0.5) is 4.39 Å². The van der Waals surface area contributed by atoms with E-state index in [1.165, 1.54) is 55.0 Å². The van der Waals surface area contributed by atoms with Crippen molar-refractivity contribution in [2.75, 3.05) is 19.6 Å². The summed E-state index contributed by atoms with van der Waals surface area (Å²) in [5.74, 6) is 1.32. The Hall–Kier alpha value is -1.47. The zero-order valence-corrected chi connectivity index (χ0v) is 17.5. The molecule has 5 fully saturated rings. The summed E-state index contributed by atoms with van der Waals surface area (Å²) in [6.45, 7) is 1.45. The number of halogens is 1. The lowest BCUT2D eigenvalue weighted by Crippen LogP contribution is -2.51. The van der Waals surface area contributed by atoms with E-state index < -0.39 is 15.8 Å².